The minimum atomic E-state index is -0.130. The molecular formula is C28H28N4O4. The third-order valence-corrected chi connectivity index (χ3v) is 6.52. The Kier molecular flexibility index (Phi) is 6.58. The van der Waals surface area contributed by atoms with Gasteiger partial charge >= 0.3 is 0 Å². The summed E-state index contributed by atoms with van der Waals surface area (Å²) >= 11 is 0. The summed E-state index contributed by atoms with van der Waals surface area (Å²) in [5, 5.41) is 0. The number of fused-ring (bicyclic) bond motifs is 1. The monoisotopic (exact) mass is 484 g/mol. The van der Waals surface area contributed by atoms with Gasteiger partial charge in [0, 0.05) is 32.2 Å². The number of ether oxygens (including phenoxy) is 2. The van der Waals surface area contributed by atoms with Crippen LogP contribution in [0.4, 0.5) is 5.82 Å². The Morgan fingerprint density at radius 2 is 1.61 bits per heavy atom. The van der Waals surface area contributed by atoms with Gasteiger partial charge in [-0.25, -0.2) is 4.98 Å². The molecule has 0 bridgehead atoms. The van der Waals surface area contributed by atoms with E-state index in [1.54, 1.807) is 34.8 Å². The third-order valence-electron chi connectivity index (χ3n) is 6.52. The predicted octanol–water partition coefficient (Wildman–Crippen LogP) is 3.42. The van der Waals surface area contributed by atoms with Gasteiger partial charge in [0.25, 0.3) is 11.5 Å². The van der Waals surface area contributed by atoms with Gasteiger partial charge in [-0.05, 0) is 29.8 Å². The first-order valence-corrected chi connectivity index (χ1v) is 11.9. The second kappa shape index (κ2) is 10.1. The second-order valence-corrected chi connectivity index (χ2v) is 8.65. The summed E-state index contributed by atoms with van der Waals surface area (Å²) in [5.74, 6) is 1.41. The highest BCUT2D eigenvalue weighted by molar-refractivity contribution is 5.97. The van der Waals surface area contributed by atoms with Gasteiger partial charge in [-0.1, -0.05) is 42.5 Å². The van der Waals surface area contributed by atoms with Crippen LogP contribution in [0.2, 0.25) is 0 Å². The number of amides is 1. The molecule has 0 aliphatic carbocycles. The van der Waals surface area contributed by atoms with E-state index in [2.05, 4.69) is 0 Å². The van der Waals surface area contributed by atoms with Crippen LogP contribution in [-0.4, -0.2) is 60.8 Å². The molecule has 1 aliphatic heterocycles. The number of rotatable bonds is 6. The Morgan fingerprint density at radius 1 is 0.889 bits per heavy atom. The zero-order chi connectivity index (χ0) is 25.1. The van der Waals surface area contributed by atoms with E-state index in [0.717, 1.165) is 16.6 Å². The molecule has 8 heteroatoms. The quantitative estimate of drug-likeness (QED) is 0.417. The Bertz CT molecular complexity index is 1440. The number of benzene rings is 3. The van der Waals surface area contributed by atoms with Gasteiger partial charge in [0.1, 0.15) is 11.5 Å². The molecule has 1 fully saturated rings. The molecule has 0 saturated carbocycles. The van der Waals surface area contributed by atoms with Crippen molar-refractivity contribution in [1.29, 1.82) is 0 Å². The van der Waals surface area contributed by atoms with Crippen LogP contribution in [0.1, 0.15) is 15.9 Å². The van der Waals surface area contributed by atoms with Crippen LogP contribution in [-0.2, 0) is 6.54 Å². The van der Waals surface area contributed by atoms with Crippen LogP contribution in [0.5, 0.6) is 11.5 Å². The van der Waals surface area contributed by atoms with Gasteiger partial charge in [0.05, 0.1) is 37.4 Å². The average molecular weight is 485 g/mol. The van der Waals surface area contributed by atoms with Crippen molar-refractivity contribution in [1.82, 2.24) is 14.5 Å². The number of methoxy groups -OCH3 is 2. The Labute approximate surface area is 209 Å². The van der Waals surface area contributed by atoms with Crippen molar-refractivity contribution in [3.8, 4) is 11.5 Å². The predicted molar refractivity (Wildman–Crippen MR) is 139 cm³/mol. The highest BCUT2D eigenvalue weighted by Gasteiger charge is 2.27. The van der Waals surface area contributed by atoms with E-state index < -0.39 is 0 Å². The maximum absolute atomic E-state index is 13.6. The Hall–Kier alpha value is -4.33. The van der Waals surface area contributed by atoms with Crippen molar-refractivity contribution >= 4 is 22.8 Å². The lowest BCUT2D eigenvalue weighted by atomic mass is 10.1. The molecular weight excluding hydrogens is 456 g/mol. The molecule has 5 rings (SSSR count). The van der Waals surface area contributed by atoms with E-state index in [0.29, 0.717) is 55.6 Å². The summed E-state index contributed by atoms with van der Waals surface area (Å²) < 4.78 is 12.4. The summed E-state index contributed by atoms with van der Waals surface area (Å²) in [6.45, 7) is 2.43. The number of anilines is 1. The van der Waals surface area contributed by atoms with E-state index in [4.69, 9.17) is 14.5 Å². The van der Waals surface area contributed by atoms with E-state index in [1.807, 2.05) is 59.5 Å². The highest BCUT2D eigenvalue weighted by Crippen LogP contribution is 2.26. The van der Waals surface area contributed by atoms with E-state index in [-0.39, 0.29) is 11.5 Å². The first-order valence-electron chi connectivity index (χ1n) is 11.9. The number of hydrogen-bond donors (Lipinski definition) is 0. The van der Waals surface area contributed by atoms with Gasteiger partial charge in [-0.15, -0.1) is 0 Å². The highest BCUT2D eigenvalue weighted by atomic mass is 16.5. The van der Waals surface area contributed by atoms with Gasteiger partial charge in [0.15, 0.2) is 5.82 Å². The molecule has 0 N–H and O–H groups in total. The first kappa shape index (κ1) is 23.4. The number of hydrogen-bond acceptors (Lipinski definition) is 6. The van der Waals surface area contributed by atoms with Crippen LogP contribution in [0.15, 0.2) is 77.6 Å². The number of aromatic nitrogens is 2. The van der Waals surface area contributed by atoms with Crippen LogP contribution < -0.4 is 19.9 Å². The van der Waals surface area contributed by atoms with E-state index in [1.165, 1.54) is 7.11 Å². The van der Waals surface area contributed by atoms with E-state index in [9.17, 15) is 9.59 Å². The summed E-state index contributed by atoms with van der Waals surface area (Å²) in [6, 6.07) is 22.8. The second-order valence-electron chi connectivity index (χ2n) is 8.65. The molecule has 1 aromatic heterocycles. The lowest BCUT2D eigenvalue weighted by molar-refractivity contribution is 0.0743. The zero-order valence-corrected chi connectivity index (χ0v) is 20.4. The average Bonchev–Trinajstić information content (AvgIpc) is 2.94. The van der Waals surface area contributed by atoms with E-state index >= 15 is 0 Å². The smallest absolute Gasteiger partial charge is 0.294 e. The van der Waals surface area contributed by atoms with Crippen molar-refractivity contribution in [3.63, 3.8) is 0 Å². The van der Waals surface area contributed by atoms with Crippen LogP contribution in [0, 0.1) is 0 Å². The number of carbonyl (C=O) groups is 1. The molecule has 0 unspecified atom stereocenters. The molecule has 2 heterocycles. The summed E-state index contributed by atoms with van der Waals surface area (Å²) in [6.07, 6.45) is 0. The normalized spacial score (nSPS) is 13.6. The summed E-state index contributed by atoms with van der Waals surface area (Å²) in [7, 11) is 3.11. The lowest BCUT2D eigenvalue weighted by Gasteiger charge is -2.35. The Morgan fingerprint density at radius 3 is 2.33 bits per heavy atom. The maximum Gasteiger partial charge on any atom is 0.294 e. The largest absolute Gasteiger partial charge is 0.497 e. The molecule has 3 aromatic carbocycles. The lowest BCUT2D eigenvalue weighted by Crippen LogP contribution is -2.50. The van der Waals surface area contributed by atoms with Crippen molar-refractivity contribution in [2.24, 2.45) is 0 Å². The molecule has 1 aliphatic rings. The van der Waals surface area contributed by atoms with Crippen LogP contribution >= 0.6 is 0 Å². The summed E-state index contributed by atoms with van der Waals surface area (Å²) in [5.41, 5.74) is 2.97. The fourth-order valence-corrected chi connectivity index (χ4v) is 4.57. The molecule has 0 spiro atoms. The zero-order valence-electron chi connectivity index (χ0n) is 20.4. The third kappa shape index (κ3) is 4.49. The molecule has 4 aromatic rings. The number of para-hydroxylation sites is 2. The van der Waals surface area contributed by atoms with Crippen LogP contribution in [0.3, 0.4) is 0 Å². The number of piperazine rings is 1. The topological polar surface area (TPSA) is 76.9 Å². The minimum absolute atomic E-state index is 0.109. The Balaban J connectivity index is 1.40. The fourth-order valence-electron chi connectivity index (χ4n) is 4.57. The standard InChI is InChI=1S/C28H28N4O4/c1-35-21-12-13-22(25(18-21)36-2)27(33)31-16-14-30(15-17-31)26-28(34)32(19-20-8-4-3-5-9-20)24-11-7-6-10-23(24)29-26/h3-13,18H,14-17,19H2,1-2H3. The van der Waals surface area contributed by atoms with Crippen LogP contribution in [0.25, 0.3) is 11.0 Å². The molecule has 0 atom stereocenters. The van der Waals surface area contributed by atoms with Gasteiger partial charge in [-0.3, -0.25) is 14.2 Å². The fraction of sp³-hybridized carbons (Fsp3) is 0.250. The minimum Gasteiger partial charge on any atom is -0.497 e. The molecule has 36 heavy (non-hydrogen) atoms. The number of nitrogens with zero attached hydrogens (tertiary/aromatic N) is 4. The molecule has 8 nitrogen and oxygen atoms in total. The molecule has 1 saturated heterocycles. The van der Waals surface area contributed by atoms with Crippen molar-refractivity contribution in [2.75, 3.05) is 45.3 Å². The SMILES string of the molecule is COc1ccc(C(=O)N2CCN(c3nc4ccccc4n(Cc4ccccc4)c3=O)CC2)c(OC)c1. The maximum atomic E-state index is 13.6. The van der Waals surface area contributed by atoms with Gasteiger partial charge in [-0.2, -0.15) is 0 Å². The summed E-state index contributed by atoms with van der Waals surface area (Å²) in [4.78, 5) is 35.3. The van der Waals surface area contributed by atoms with Gasteiger partial charge in [0.2, 0.25) is 0 Å². The number of carbonyl (C=O) groups excluding carboxylic acids is 1. The molecule has 1 amide bonds. The van der Waals surface area contributed by atoms with Crippen molar-refractivity contribution < 1.29 is 14.3 Å². The molecule has 184 valence electrons. The van der Waals surface area contributed by atoms with Gasteiger partial charge < -0.3 is 19.3 Å². The van der Waals surface area contributed by atoms with Crippen molar-refractivity contribution in [3.05, 3.63) is 94.3 Å². The van der Waals surface area contributed by atoms with Crippen molar-refractivity contribution in [2.45, 2.75) is 6.54 Å². The first-order chi connectivity index (χ1) is 17.6. The molecule has 0 radical (unpaired) electrons.